The van der Waals surface area contributed by atoms with Crippen LogP contribution in [0.5, 0.6) is 0 Å². The standard InChI is InChI=1S/C13H23N3O4/c14-7-10(17)15-8-11(18)16-9-13(12(19)20)5-3-1-2-4-6-13/h1-9,14H2,(H,15,17)(H,16,18)(H,19,20). The van der Waals surface area contributed by atoms with E-state index < -0.39 is 23.2 Å². The zero-order chi connectivity index (χ0) is 15.0. The predicted octanol–water partition coefficient (Wildman–Crippen LogP) is -0.397. The number of aliphatic carboxylic acids is 1. The molecule has 1 rings (SSSR count). The van der Waals surface area contributed by atoms with Gasteiger partial charge in [0.2, 0.25) is 11.8 Å². The molecule has 1 fully saturated rings. The molecule has 0 heterocycles. The first kappa shape index (κ1) is 16.4. The summed E-state index contributed by atoms with van der Waals surface area (Å²) >= 11 is 0. The number of amides is 2. The zero-order valence-corrected chi connectivity index (χ0v) is 11.6. The van der Waals surface area contributed by atoms with Crippen molar-refractivity contribution in [2.24, 2.45) is 11.1 Å². The van der Waals surface area contributed by atoms with Crippen LogP contribution in [0.4, 0.5) is 0 Å². The molecule has 0 spiro atoms. The second kappa shape index (κ2) is 7.84. The Morgan fingerprint density at radius 2 is 1.60 bits per heavy atom. The molecule has 1 aliphatic carbocycles. The molecule has 0 unspecified atom stereocenters. The van der Waals surface area contributed by atoms with Crippen molar-refractivity contribution < 1.29 is 19.5 Å². The third-order valence-corrected chi connectivity index (χ3v) is 3.77. The molecule has 0 bridgehead atoms. The van der Waals surface area contributed by atoms with E-state index in [1.165, 1.54) is 0 Å². The smallest absolute Gasteiger partial charge is 0.311 e. The third kappa shape index (κ3) is 4.80. The van der Waals surface area contributed by atoms with Gasteiger partial charge in [-0.2, -0.15) is 0 Å². The predicted molar refractivity (Wildman–Crippen MR) is 72.8 cm³/mol. The number of hydrogen-bond acceptors (Lipinski definition) is 4. The summed E-state index contributed by atoms with van der Waals surface area (Å²) in [5.41, 5.74) is 4.23. The van der Waals surface area contributed by atoms with Crippen molar-refractivity contribution >= 4 is 17.8 Å². The van der Waals surface area contributed by atoms with Crippen molar-refractivity contribution in [1.29, 1.82) is 0 Å². The number of carboxylic acids is 1. The van der Waals surface area contributed by atoms with Crippen LogP contribution in [0.2, 0.25) is 0 Å². The average molecular weight is 285 g/mol. The van der Waals surface area contributed by atoms with Crippen molar-refractivity contribution in [2.45, 2.75) is 38.5 Å². The van der Waals surface area contributed by atoms with Gasteiger partial charge in [-0.15, -0.1) is 0 Å². The Balaban J connectivity index is 2.48. The maximum absolute atomic E-state index is 11.6. The summed E-state index contributed by atoms with van der Waals surface area (Å²) in [5.74, 6) is -1.66. The SMILES string of the molecule is NCC(=O)NCC(=O)NCC1(C(=O)O)CCCCCC1. The van der Waals surface area contributed by atoms with Crippen LogP contribution >= 0.6 is 0 Å². The fourth-order valence-corrected chi connectivity index (χ4v) is 2.45. The van der Waals surface area contributed by atoms with E-state index in [0.717, 1.165) is 25.7 Å². The maximum atomic E-state index is 11.6. The minimum atomic E-state index is -0.871. The van der Waals surface area contributed by atoms with Crippen LogP contribution in [0.25, 0.3) is 0 Å². The molecular formula is C13H23N3O4. The van der Waals surface area contributed by atoms with Crippen LogP contribution in [0.1, 0.15) is 38.5 Å². The number of hydrogen-bond donors (Lipinski definition) is 4. The summed E-state index contributed by atoms with van der Waals surface area (Å²) in [6, 6.07) is 0. The lowest BCUT2D eigenvalue weighted by molar-refractivity contribution is -0.149. The average Bonchev–Trinajstić information content (AvgIpc) is 2.69. The van der Waals surface area contributed by atoms with Crippen LogP contribution in [-0.4, -0.2) is 42.5 Å². The second-order valence-electron chi connectivity index (χ2n) is 5.26. The van der Waals surface area contributed by atoms with Crippen LogP contribution in [-0.2, 0) is 14.4 Å². The van der Waals surface area contributed by atoms with Gasteiger partial charge in [0.05, 0.1) is 18.5 Å². The number of carbonyl (C=O) groups excluding carboxylic acids is 2. The molecule has 7 heteroatoms. The molecule has 0 aliphatic heterocycles. The minimum Gasteiger partial charge on any atom is -0.481 e. The van der Waals surface area contributed by atoms with Gasteiger partial charge in [0.25, 0.3) is 0 Å². The van der Waals surface area contributed by atoms with Gasteiger partial charge in [0.15, 0.2) is 0 Å². The van der Waals surface area contributed by atoms with Crippen LogP contribution in [0.3, 0.4) is 0 Å². The molecule has 1 saturated carbocycles. The number of rotatable bonds is 6. The molecule has 7 nitrogen and oxygen atoms in total. The van der Waals surface area contributed by atoms with Crippen molar-refractivity contribution in [2.75, 3.05) is 19.6 Å². The van der Waals surface area contributed by atoms with Gasteiger partial charge >= 0.3 is 5.97 Å². The van der Waals surface area contributed by atoms with Crippen molar-refractivity contribution in [1.82, 2.24) is 10.6 Å². The quantitative estimate of drug-likeness (QED) is 0.495. The number of nitrogens with one attached hydrogen (secondary N) is 2. The minimum absolute atomic E-state index is 0.111. The zero-order valence-electron chi connectivity index (χ0n) is 11.6. The highest BCUT2D eigenvalue weighted by Gasteiger charge is 2.38. The lowest BCUT2D eigenvalue weighted by Gasteiger charge is -2.28. The van der Waals surface area contributed by atoms with Crippen LogP contribution < -0.4 is 16.4 Å². The summed E-state index contributed by atoms with van der Waals surface area (Å²) in [6.45, 7) is -0.238. The largest absolute Gasteiger partial charge is 0.481 e. The van der Waals surface area contributed by atoms with Gasteiger partial charge in [-0.3, -0.25) is 14.4 Å². The normalized spacial score (nSPS) is 17.9. The Morgan fingerprint density at radius 3 is 2.10 bits per heavy atom. The molecule has 0 atom stereocenters. The van der Waals surface area contributed by atoms with Gasteiger partial charge < -0.3 is 21.5 Å². The molecule has 0 radical (unpaired) electrons. The molecule has 0 saturated heterocycles. The van der Waals surface area contributed by atoms with Crippen molar-refractivity contribution in [3.8, 4) is 0 Å². The lowest BCUT2D eigenvalue weighted by atomic mass is 9.80. The van der Waals surface area contributed by atoms with E-state index in [9.17, 15) is 19.5 Å². The Kier molecular flexibility index (Phi) is 6.44. The van der Waals surface area contributed by atoms with E-state index in [1.54, 1.807) is 0 Å². The highest BCUT2D eigenvalue weighted by Crippen LogP contribution is 2.34. The van der Waals surface area contributed by atoms with E-state index in [2.05, 4.69) is 10.6 Å². The van der Waals surface area contributed by atoms with Gasteiger partial charge in [0, 0.05) is 6.54 Å². The van der Waals surface area contributed by atoms with E-state index in [0.29, 0.717) is 12.8 Å². The van der Waals surface area contributed by atoms with Crippen molar-refractivity contribution in [3.05, 3.63) is 0 Å². The Morgan fingerprint density at radius 1 is 1.00 bits per heavy atom. The third-order valence-electron chi connectivity index (χ3n) is 3.77. The molecule has 1 aliphatic rings. The monoisotopic (exact) mass is 285 g/mol. The maximum Gasteiger partial charge on any atom is 0.311 e. The van der Waals surface area contributed by atoms with E-state index >= 15 is 0 Å². The Bertz CT molecular complexity index is 363. The molecule has 114 valence electrons. The number of nitrogens with two attached hydrogens (primary N) is 1. The van der Waals surface area contributed by atoms with E-state index in [1.807, 2.05) is 0 Å². The molecule has 20 heavy (non-hydrogen) atoms. The van der Waals surface area contributed by atoms with E-state index in [-0.39, 0.29) is 19.6 Å². The van der Waals surface area contributed by atoms with Gasteiger partial charge in [0.1, 0.15) is 0 Å². The molecule has 2 amide bonds. The number of carbonyl (C=O) groups is 3. The van der Waals surface area contributed by atoms with Gasteiger partial charge in [-0.25, -0.2) is 0 Å². The number of carboxylic acid groups (broad SMARTS) is 1. The molecule has 0 aromatic carbocycles. The first-order valence-corrected chi connectivity index (χ1v) is 6.97. The topological polar surface area (TPSA) is 122 Å². The van der Waals surface area contributed by atoms with Crippen LogP contribution in [0, 0.1) is 5.41 Å². The van der Waals surface area contributed by atoms with Crippen molar-refractivity contribution in [3.63, 3.8) is 0 Å². The first-order valence-electron chi connectivity index (χ1n) is 6.97. The lowest BCUT2D eigenvalue weighted by Crippen LogP contribution is -2.46. The second-order valence-corrected chi connectivity index (χ2v) is 5.26. The Hall–Kier alpha value is -1.63. The summed E-state index contributed by atoms with van der Waals surface area (Å²) < 4.78 is 0. The Labute approximate surface area is 118 Å². The summed E-state index contributed by atoms with van der Waals surface area (Å²) in [4.78, 5) is 34.0. The molecule has 5 N–H and O–H groups in total. The summed E-state index contributed by atoms with van der Waals surface area (Å²) in [6.07, 6.45) is 4.97. The van der Waals surface area contributed by atoms with Crippen LogP contribution in [0.15, 0.2) is 0 Å². The molecular weight excluding hydrogens is 262 g/mol. The van der Waals surface area contributed by atoms with E-state index in [4.69, 9.17) is 5.73 Å². The summed E-state index contributed by atoms with van der Waals surface area (Å²) in [7, 11) is 0. The molecule has 0 aromatic heterocycles. The first-order chi connectivity index (χ1) is 9.50. The fraction of sp³-hybridized carbons (Fsp3) is 0.769. The highest BCUT2D eigenvalue weighted by molar-refractivity contribution is 5.86. The fourth-order valence-electron chi connectivity index (χ4n) is 2.45. The highest BCUT2D eigenvalue weighted by atomic mass is 16.4. The van der Waals surface area contributed by atoms with Gasteiger partial charge in [-0.1, -0.05) is 25.7 Å². The van der Waals surface area contributed by atoms with Gasteiger partial charge in [-0.05, 0) is 12.8 Å². The summed E-state index contributed by atoms with van der Waals surface area (Å²) in [5, 5.41) is 14.4. The molecule has 0 aromatic rings.